The van der Waals surface area contributed by atoms with Gasteiger partial charge < -0.3 is 33.2 Å². The van der Waals surface area contributed by atoms with Gasteiger partial charge in [0.25, 0.3) is 11.6 Å². The van der Waals surface area contributed by atoms with Gasteiger partial charge >= 0.3 is 0 Å². The van der Waals surface area contributed by atoms with E-state index in [1.54, 1.807) is 0 Å². The number of nitrogens with one attached hydrogen (secondary N) is 3. The van der Waals surface area contributed by atoms with E-state index in [4.69, 9.17) is 28.8 Å². The highest BCUT2D eigenvalue weighted by Crippen LogP contribution is 2.23. The predicted molar refractivity (Wildman–Crippen MR) is 129 cm³/mol. The lowest BCUT2D eigenvalue weighted by Gasteiger charge is -2.20. The van der Waals surface area contributed by atoms with Gasteiger partial charge in [0.2, 0.25) is 23.6 Å². The van der Waals surface area contributed by atoms with Crippen LogP contribution in [0.5, 0.6) is 0 Å². The van der Waals surface area contributed by atoms with Gasteiger partial charge in [0.15, 0.2) is 0 Å². The molecule has 5 amide bonds. The molecule has 14 nitrogen and oxygen atoms in total. The molecule has 1 aromatic carbocycles. The Balaban J connectivity index is 2.72. The summed E-state index contributed by atoms with van der Waals surface area (Å²) in [5.41, 5.74) is 15.1. The Morgan fingerprint density at radius 1 is 1.00 bits per heavy atom. The van der Waals surface area contributed by atoms with Crippen molar-refractivity contribution in [2.75, 3.05) is 6.54 Å². The normalized spacial score (nSPS) is 13.1. The summed E-state index contributed by atoms with van der Waals surface area (Å²) in [6.07, 6.45) is 1.08. The van der Waals surface area contributed by atoms with Crippen LogP contribution >= 0.6 is 11.6 Å². The molecule has 15 heteroatoms. The van der Waals surface area contributed by atoms with Crippen molar-refractivity contribution in [2.24, 2.45) is 17.2 Å². The minimum atomic E-state index is -1.27. The highest BCUT2D eigenvalue weighted by molar-refractivity contribution is 6.31. The molecule has 0 heterocycles. The van der Waals surface area contributed by atoms with Crippen molar-refractivity contribution in [1.82, 2.24) is 16.0 Å². The third-order valence-corrected chi connectivity index (χ3v) is 5.32. The Hall–Kier alpha value is -3.78. The Morgan fingerprint density at radius 3 is 2.17 bits per heavy atom. The number of hydrogen-bond acceptors (Lipinski definition) is 8. The van der Waals surface area contributed by atoms with Crippen molar-refractivity contribution < 1.29 is 28.9 Å². The molecule has 3 atom stereocenters. The first-order valence-corrected chi connectivity index (χ1v) is 11.4. The number of unbranched alkanes of at least 4 members (excludes halogenated alkanes) is 1. The predicted octanol–water partition coefficient (Wildman–Crippen LogP) is -0.784. The summed E-state index contributed by atoms with van der Waals surface area (Å²) in [5, 5.41) is 18.3. The van der Waals surface area contributed by atoms with E-state index in [9.17, 15) is 34.1 Å². The average Bonchev–Trinajstić information content (AvgIpc) is 2.80. The van der Waals surface area contributed by atoms with Crippen molar-refractivity contribution in [1.29, 1.82) is 0 Å². The average molecular weight is 528 g/mol. The van der Waals surface area contributed by atoms with Crippen molar-refractivity contribution in [3.63, 3.8) is 0 Å². The SMILES string of the molecule is CC(NC(=O)c1ccc(Cl)cc1[N+](=O)[O-])C(=O)N[C@@H](CCC(=O)NC(CCCCN)C(N)=O)C(N)=O. The molecule has 1 rings (SSSR count). The minimum Gasteiger partial charge on any atom is -0.368 e. The lowest BCUT2D eigenvalue weighted by atomic mass is 10.1. The zero-order valence-corrected chi connectivity index (χ0v) is 20.4. The summed E-state index contributed by atoms with van der Waals surface area (Å²) < 4.78 is 0. The first-order chi connectivity index (χ1) is 16.9. The summed E-state index contributed by atoms with van der Waals surface area (Å²) >= 11 is 5.73. The van der Waals surface area contributed by atoms with Crippen LogP contribution in [0.15, 0.2) is 18.2 Å². The first kappa shape index (κ1) is 30.3. The molecule has 2 unspecified atom stereocenters. The molecule has 0 bridgehead atoms. The third kappa shape index (κ3) is 9.84. The van der Waals surface area contributed by atoms with E-state index >= 15 is 0 Å². The van der Waals surface area contributed by atoms with Gasteiger partial charge in [0.05, 0.1) is 4.92 Å². The van der Waals surface area contributed by atoms with Gasteiger partial charge in [-0.1, -0.05) is 11.6 Å². The zero-order valence-electron chi connectivity index (χ0n) is 19.6. The number of halogens is 1. The Bertz CT molecular complexity index is 1000. The molecule has 36 heavy (non-hydrogen) atoms. The number of rotatable bonds is 15. The molecule has 0 fully saturated rings. The van der Waals surface area contributed by atoms with Crippen molar-refractivity contribution in [3.05, 3.63) is 38.9 Å². The first-order valence-electron chi connectivity index (χ1n) is 11.0. The van der Waals surface area contributed by atoms with Crippen LogP contribution < -0.4 is 33.2 Å². The number of amides is 5. The van der Waals surface area contributed by atoms with Gasteiger partial charge in [-0.15, -0.1) is 0 Å². The molecule has 0 aliphatic carbocycles. The molecule has 0 spiro atoms. The maximum atomic E-state index is 12.5. The summed E-state index contributed by atoms with van der Waals surface area (Å²) in [4.78, 5) is 70.9. The number of benzene rings is 1. The second kappa shape index (κ2) is 14.6. The Morgan fingerprint density at radius 2 is 1.61 bits per heavy atom. The second-order valence-electron chi connectivity index (χ2n) is 7.92. The van der Waals surface area contributed by atoms with Crippen molar-refractivity contribution >= 4 is 46.8 Å². The molecule has 1 aromatic rings. The molecular weight excluding hydrogens is 498 g/mol. The van der Waals surface area contributed by atoms with Crippen LogP contribution in [-0.4, -0.2) is 59.1 Å². The van der Waals surface area contributed by atoms with E-state index in [2.05, 4.69) is 16.0 Å². The molecule has 9 N–H and O–H groups in total. The van der Waals surface area contributed by atoms with E-state index in [0.29, 0.717) is 25.8 Å². The van der Waals surface area contributed by atoms with Crippen LogP contribution in [-0.2, 0) is 19.2 Å². The lowest BCUT2D eigenvalue weighted by Crippen LogP contribution is -2.52. The summed E-state index contributed by atoms with van der Waals surface area (Å²) in [5.74, 6) is -3.96. The van der Waals surface area contributed by atoms with Crippen molar-refractivity contribution in [3.8, 4) is 0 Å². The number of carbonyl (C=O) groups is 5. The van der Waals surface area contributed by atoms with Gasteiger partial charge in [-0.3, -0.25) is 34.1 Å². The fraction of sp³-hybridized carbons (Fsp3) is 0.476. The van der Waals surface area contributed by atoms with Gasteiger partial charge in [0, 0.05) is 17.5 Å². The topological polar surface area (TPSA) is 243 Å². The van der Waals surface area contributed by atoms with E-state index < -0.39 is 58.3 Å². The Labute approximate surface area is 211 Å². The number of primary amides is 2. The molecular formula is C21H30ClN7O7. The maximum Gasteiger partial charge on any atom is 0.283 e. The van der Waals surface area contributed by atoms with Crippen LogP contribution in [0.4, 0.5) is 5.69 Å². The van der Waals surface area contributed by atoms with Gasteiger partial charge in [-0.25, -0.2) is 0 Å². The number of nitrogens with zero attached hydrogens (tertiary/aromatic N) is 1. The lowest BCUT2D eigenvalue weighted by molar-refractivity contribution is -0.385. The molecule has 0 aliphatic heterocycles. The molecule has 198 valence electrons. The summed E-state index contributed by atoms with van der Waals surface area (Å²) in [6.45, 7) is 1.72. The van der Waals surface area contributed by atoms with Crippen LogP contribution in [0.25, 0.3) is 0 Å². The number of hydrogen-bond donors (Lipinski definition) is 6. The standard InChI is InChI=1S/C21H30ClN7O7/c1-11(26-21(34)13-6-5-12(22)10-16(13)29(35)36)20(33)28-15(19(25)32)7-8-17(30)27-14(18(24)31)4-2-3-9-23/h5-6,10-11,14-15H,2-4,7-9,23H2,1H3,(H2,24,31)(H2,25,32)(H,26,34)(H,27,30)(H,28,33)/t11?,14?,15-/m0/s1. The Kier molecular flexibility index (Phi) is 12.3. The molecule has 0 aromatic heterocycles. The summed E-state index contributed by atoms with van der Waals surface area (Å²) in [6, 6.07) is 0.0280. The molecule has 0 saturated heterocycles. The van der Waals surface area contributed by atoms with Crippen LogP contribution in [0, 0.1) is 10.1 Å². The maximum absolute atomic E-state index is 12.5. The summed E-state index contributed by atoms with van der Waals surface area (Å²) in [7, 11) is 0. The number of nitro groups is 1. The van der Waals surface area contributed by atoms with Crippen LogP contribution in [0.1, 0.15) is 49.4 Å². The van der Waals surface area contributed by atoms with Gasteiger partial charge in [-0.05, 0) is 51.3 Å². The quantitative estimate of drug-likeness (QED) is 0.0956. The highest BCUT2D eigenvalue weighted by atomic mass is 35.5. The number of nitro benzene ring substituents is 1. The fourth-order valence-electron chi connectivity index (χ4n) is 3.09. The minimum absolute atomic E-state index is 0.0510. The van der Waals surface area contributed by atoms with Gasteiger partial charge in [-0.2, -0.15) is 0 Å². The van der Waals surface area contributed by atoms with Crippen LogP contribution in [0.2, 0.25) is 5.02 Å². The zero-order chi connectivity index (χ0) is 27.4. The largest absolute Gasteiger partial charge is 0.368 e. The monoisotopic (exact) mass is 527 g/mol. The number of carbonyl (C=O) groups excluding carboxylic acids is 5. The highest BCUT2D eigenvalue weighted by Gasteiger charge is 2.27. The fourth-order valence-corrected chi connectivity index (χ4v) is 3.26. The molecule has 0 aliphatic rings. The smallest absolute Gasteiger partial charge is 0.283 e. The molecule has 0 radical (unpaired) electrons. The van der Waals surface area contributed by atoms with Crippen molar-refractivity contribution in [2.45, 2.75) is 57.2 Å². The van der Waals surface area contributed by atoms with E-state index in [1.807, 2.05) is 0 Å². The van der Waals surface area contributed by atoms with E-state index in [0.717, 1.165) is 12.1 Å². The third-order valence-electron chi connectivity index (χ3n) is 5.09. The van der Waals surface area contributed by atoms with E-state index in [1.165, 1.54) is 13.0 Å². The molecule has 0 saturated carbocycles. The second-order valence-corrected chi connectivity index (χ2v) is 8.36. The van der Waals surface area contributed by atoms with Gasteiger partial charge in [0.1, 0.15) is 23.7 Å². The van der Waals surface area contributed by atoms with Crippen LogP contribution in [0.3, 0.4) is 0 Å². The van der Waals surface area contributed by atoms with E-state index in [-0.39, 0.29) is 23.4 Å². The number of nitrogens with two attached hydrogens (primary N) is 3.